The maximum atomic E-state index is 12.6. The van der Waals surface area contributed by atoms with E-state index < -0.39 is 11.7 Å². The topological polar surface area (TPSA) is 32.3 Å². The molecule has 0 aromatic heterocycles. The number of carbonyl (C=O) groups is 1. The quantitative estimate of drug-likeness (QED) is 0.930. The number of benzene rings is 1. The predicted molar refractivity (Wildman–Crippen MR) is 73.3 cm³/mol. The minimum absolute atomic E-state index is 0.0198. The molecule has 1 N–H and O–H groups in total. The molecule has 3 nitrogen and oxygen atoms in total. The van der Waals surface area contributed by atoms with E-state index in [-0.39, 0.29) is 24.0 Å². The van der Waals surface area contributed by atoms with Gasteiger partial charge in [0.15, 0.2) is 0 Å². The van der Waals surface area contributed by atoms with Crippen molar-refractivity contribution < 1.29 is 18.0 Å². The van der Waals surface area contributed by atoms with Gasteiger partial charge in [0, 0.05) is 6.54 Å². The van der Waals surface area contributed by atoms with Crippen molar-refractivity contribution in [2.75, 3.05) is 6.54 Å². The monoisotopic (exact) mass is 300 g/mol. The van der Waals surface area contributed by atoms with Crippen molar-refractivity contribution in [3.8, 4) is 0 Å². The standard InChI is InChI=1S/C15H19F3N2O/c1-9(2)8-20-13(19-10(3)14(20)21)11-4-6-12(7-5-11)15(16,17)18/h4-7,9-10,13,19H,8H2,1-3H3. The smallest absolute Gasteiger partial charge is 0.321 e. The molecule has 1 aromatic rings. The van der Waals surface area contributed by atoms with Gasteiger partial charge in [-0.3, -0.25) is 10.1 Å². The number of rotatable bonds is 3. The molecule has 0 saturated carbocycles. The Morgan fingerprint density at radius 1 is 1.24 bits per heavy atom. The molecule has 2 atom stereocenters. The summed E-state index contributed by atoms with van der Waals surface area (Å²) < 4.78 is 37.8. The summed E-state index contributed by atoms with van der Waals surface area (Å²) in [5.74, 6) is 0.270. The van der Waals surface area contributed by atoms with Crippen LogP contribution < -0.4 is 5.32 Å². The zero-order valence-electron chi connectivity index (χ0n) is 12.2. The Labute approximate surface area is 122 Å². The first-order valence-electron chi connectivity index (χ1n) is 6.94. The number of hydrogen-bond acceptors (Lipinski definition) is 2. The number of hydrogen-bond donors (Lipinski definition) is 1. The summed E-state index contributed by atoms with van der Waals surface area (Å²) in [6.45, 7) is 6.34. The fourth-order valence-electron chi connectivity index (χ4n) is 2.49. The van der Waals surface area contributed by atoms with Gasteiger partial charge >= 0.3 is 6.18 Å². The first-order valence-corrected chi connectivity index (χ1v) is 6.94. The molecule has 116 valence electrons. The van der Waals surface area contributed by atoms with Crippen LogP contribution >= 0.6 is 0 Å². The molecule has 2 unspecified atom stereocenters. The number of amides is 1. The molecule has 1 amide bonds. The molecule has 1 aromatic carbocycles. The number of alkyl halides is 3. The van der Waals surface area contributed by atoms with Crippen LogP contribution in [0.5, 0.6) is 0 Å². The molecular formula is C15H19F3N2O. The lowest BCUT2D eigenvalue weighted by molar-refractivity contribution is -0.137. The second kappa shape index (κ2) is 5.67. The zero-order valence-corrected chi connectivity index (χ0v) is 12.2. The van der Waals surface area contributed by atoms with Gasteiger partial charge in [0.1, 0.15) is 6.17 Å². The van der Waals surface area contributed by atoms with Gasteiger partial charge in [-0.25, -0.2) is 0 Å². The van der Waals surface area contributed by atoms with Crippen LogP contribution in [0.3, 0.4) is 0 Å². The third-order valence-corrected chi connectivity index (χ3v) is 3.49. The minimum Gasteiger partial charge on any atom is -0.321 e. The normalized spacial score (nSPS) is 23.2. The lowest BCUT2D eigenvalue weighted by atomic mass is 10.1. The molecular weight excluding hydrogens is 281 g/mol. The van der Waals surface area contributed by atoms with Crippen molar-refractivity contribution >= 4 is 5.91 Å². The van der Waals surface area contributed by atoms with E-state index in [0.29, 0.717) is 12.1 Å². The average Bonchev–Trinajstić information content (AvgIpc) is 2.66. The van der Waals surface area contributed by atoms with Crippen LogP contribution in [0, 0.1) is 5.92 Å². The first kappa shape index (κ1) is 15.8. The van der Waals surface area contributed by atoms with Crippen molar-refractivity contribution in [2.45, 2.75) is 39.2 Å². The summed E-state index contributed by atoms with van der Waals surface area (Å²) in [5.41, 5.74) is -0.0135. The van der Waals surface area contributed by atoms with E-state index in [4.69, 9.17) is 0 Å². The first-order chi connectivity index (χ1) is 9.70. The van der Waals surface area contributed by atoms with Gasteiger partial charge in [-0.05, 0) is 30.5 Å². The Bertz CT molecular complexity index is 511. The van der Waals surface area contributed by atoms with Crippen molar-refractivity contribution in [1.29, 1.82) is 0 Å². The maximum Gasteiger partial charge on any atom is 0.416 e. The third-order valence-electron chi connectivity index (χ3n) is 3.49. The van der Waals surface area contributed by atoms with Crippen LogP contribution in [0.4, 0.5) is 13.2 Å². The van der Waals surface area contributed by atoms with Crippen LogP contribution in [0.1, 0.15) is 38.1 Å². The average molecular weight is 300 g/mol. The summed E-state index contributed by atoms with van der Waals surface area (Å²) in [5, 5.41) is 3.13. The Morgan fingerprint density at radius 2 is 1.81 bits per heavy atom. The van der Waals surface area contributed by atoms with Gasteiger partial charge in [0.25, 0.3) is 0 Å². The van der Waals surface area contributed by atoms with Crippen LogP contribution in [-0.4, -0.2) is 23.4 Å². The number of halogens is 3. The largest absolute Gasteiger partial charge is 0.416 e. The van der Waals surface area contributed by atoms with Gasteiger partial charge in [0.05, 0.1) is 11.6 Å². The summed E-state index contributed by atoms with van der Waals surface area (Å²) in [7, 11) is 0. The summed E-state index contributed by atoms with van der Waals surface area (Å²) >= 11 is 0. The van der Waals surface area contributed by atoms with Gasteiger partial charge < -0.3 is 4.90 Å². The highest BCUT2D eigenvalue weighted by molar-refractivity contribution is 5.84. The molecule has 21 heavy (non-hydrogen) atoms. The van der Waals surface area contributed by atoms with Crippen LogP contribution in [0.2, 0.25) is 0 Å². The van der Waals surface area contributed by atoms with E-state index in [2.05, 4.69) is 5.32 Å². The Kier molecular flexibility index (Phi) is 4.27. The minimum atomic E-state index is -4.34. The second-order valence-corrected chi connectivity index (χ2v) is 5.80. The predicted octanol–water partition coefficient (Wildman–Crippen LogP) is 3.18. The molecule has 1 saturated heterocycles. The van der Waals surface area contributed by atoms with Crippen molar-refractivity contribution in [2.24, 2.45) is 5.92 Å². The zero-order chi connectivity index (χ0) is 15.8. The number of nitrogens with one attached hydrogen (secondary N) is 1. The molecule has 1 fully saturated rings. The molecule has 0 bridgehead atoms. The lowest BCUT2D eigenvalue weighted by Crippen LogP contribution is -2.33. The molecule has 0 aliphatic carbocycles. The van der Waals surface area contributed by atoms with Gasteiger partial charge in [-0.15, -0.1) is 0 Å². The highest BCUT2D eigenvalue weighted by Gasteiger charge is 2.37. The Morgan fingerprint density at radius 3 is 2.29 bits per heavy atom. The van der Waals surface area contributed by atoms with Crippen LogP contribution in [-0.2, 0) is 11.0 Å². The second-order valence-electron chi connectivity index (χ2n) is 5.80. The van der Waals surface area contributed by atoms with Crippen LogP contribution in [0.15, 0.2) is 24.3 Å². The van der Waals surface area contributed by atoms with E-state index >= 15 is 0 Å². The fraction of sp³-hybridized carbons (Fsp3) is 0.533. The molecule has 1 heterocycles. The highest BCUT2D eigenvalue weighted by Crippen LogP contribution is 2.32. The third kappa shape index (κ3) is 3.37. The molecule has 1 aliphatic heterocycles. The van der Waals surface area contributed by atoms with E-state index in [1.807, 2.05) is 13.8 Å². The summed E-state index contributed by atoms with van der Waals surface area (Å²) in [6.07, 6.45) is -4.71. The van der Waals surface area contributed by atoms with Crippen LogP contribution in [0.25, 0.3) is 0 Å². The molecule has 0 spiro atoms. The van der Waals surface area contributed by atoms with Crippen molar-refractivity contribution in [3.63, 3.8) is 0 Å². The molecule has 1 aliphatic rings. The number of nitrogens with zero attached hydrogens (tertiary/aromatic N) is 1. The van der Waals surface area contributed by atoms with E-state index in [9.17, 15) is 18.0 Å². The fourth-order valence-corrected chi connectivity index (χ4v) is 2.49. The maximum absolute atomic E-state index is 12.6. The van der Waals surface area contributed by atoms with Gasteiger partial charge in [0.2, 0.25) is 5.91 Å². The molecule has 6 heteroatoms. The van der Waals surface area contributed by atoms with E-state index in [1.54, 1.807) is 11.8 Å². The number of carbonyl (C=O) groups excluding carboxylic acids is 1. The van der Waals surface area contributed by atoms with Crippen molar-refractivity contribution in [3.05, 3.63) is 35.4 Å². The van der Waals surface area contributed by atoms with Gasteiger partial charge in [-0.1, -0.05) is 26.0 Å². The lowest BCUT2D eigenvalue weighted by Gasteiger charge is -2.26. The van der Waals surface area contributed by atoms with Gasteiger partial charge in [-0.2, -0.15) is 13.2 Å². The van der Waals surface area contributed by atoms with E-state index in [1.165, 1.54) is 12.1 Å². The SMILES string of the molecule is CC(C)CN1C(=O)C(C)NC1c1ccc(C(F)(F)F)cc1. The highest BCUT2D eigenvalue weighted by atomic mass is 19.4. The van der Waals surface area contributed by atoms with Crippen molar-refractivity contribution in [1.82, 2.24) is 10.2 Å². The molecule has 0 radical (unpaired) electrons. The molecule has 2 rings (SSSR count). The van der Waals surface area contributed by atoms with E-state index in [0.717, 1.165) is 12.1 Å². The Balaban J connectivity index is 2.25. The summed E-state index contributed by atoms with van der Waals surface area (Å²) in [6, 6.07) is 4.64. The Hall–Kier alpha value is -1.56. The summed E-state index contributed by atoms with van der Waals surface area (Å²) in [4.78, 5) is 13.8.